The number of halogens is 1. The van der Waals surface area contributed by atoms with E-state index >= 15 is 0 Å². The first kappa shape index (κ1) is 17.8. The molecule has 0 aliphatic carbocycles. The van der Waals surface area contributed by atoms with Gasteiger partial charge in [-0.3, -0.25) is 0 Å². The van der Waals surface area contributed by atoms with Gasteiger partial charge in [0.05, 0.1) is 5.69 Å². The standard InChI is InChI=1S/C19H19ClN4O2/c1-11-13(3-2-4-14(11)20)15-10-18(24-19(21)23-15)22-8-7-12-5-6-16(25)17(26)9-12/h2-6,9-10,25-26H,7-8H2,1H3,(H3,21,22,23,24). The Bertz CT molecular complexity index is 947. The molecule has 0 atom stereocenters. The Morgan fingerprint density at radius 1 is 1.08 bits per heavy atom. The number of phenolic OH excluding ortho intramolecular Hbond substituents is 2. The van der Waals surface area contributed by atoms with Gasteiger partial charge in [-0.1, -0.05) is 29.8 Å². The van der Waals surface area contributed by atoms with Crippen LogP contribution >= 0.6 is 11.6 Å². The van der Waals surface area contributed by atoms with Crippen molar-refractivity contribution in [2.75, 3.05) is 17.6 Å². The number of aromatic nitrogens is 2. The van der Waals surface area contributed by atoms with Crippen molar-refractivity contribution in [3.05, 3.63) is 58.6 Å². The Hall–Kier alpha value is -2.99. The molecule has 0 unspecified atom stereocenters. The number of phenols is 2. The molecule has 1 heterocycles. The minimum absolute atomic E-state index is 0.132. The lowest BCUT2D eigenvalue weighted by Crippen LogP contribution is -2.08. The number of nitrogens with zero attached hydrogens (tertiary/aromatic N) is 2. The normalized spacial score (nSPS) is 10.7. The Kier molecular flexibility index (Phi) is 5.14. The number of hydrogen-bond acceptors (Lipinski definition) is 6. The molecule has 0 saturated heterocycles. The van der Waals surface area contributed by atoms with E-state index in [1.54, 1.807) is 6.07 Å². The maximum atomic E-state index is 9.55. The fourth-order valence-corrected chi connectivity index (χ4v) is 2.81. The van der Waals surface area contributed by atoms with E-state index in [0.717, 1.165) is 16.7 Å². The predicted octanol–water partition coefficient (Wildman–Crippen LogP) is 3.75. The van der Waals surface area contributed by atoms with Crippen molar-refractivity contribution >= 4 is 23.4 Å². The summed E-state index contributed by atoms with van der Waals surface area (Å²) >= 11 is 6.19. The minimum Gasteiger partial charge on any atom is -0.504 e. The van der Waals surface area contributed by atoms with Crippen LogP contribution in [0.3, 0.4) is 0 Å². The second-order valence-electron chi connectivity index (χ2n) is 5.91. The van der Waals surface area contributed by atoms with Gasteiger partial charge in [-0.15, -0.1) is 0 Å². The summed E-state index contributed by atoms with van der Waals surface area (Å²) < 4.78 is 0. The van der Waals surface area contributed by atoms with Crippen molar-refractivity contribution in [2.45, 2.75) is 13.3 Å². The molecule has 0 spiro atoms. The minimum atomic E-state index is -0.133. The van der Waals surface area contributed by atoms with Crippen LogP contribution < -0.4 is 11.1 Å². The zero-order valence-corrected chi connectivity index (χ0v) is 15.0. The van der Waals surface area contributed by atoms with Crippen LogP contribution in [0.5, 0.6) is 11.5 Å². The van der Waals surface area contributed by atoms with Crippen LogP contribution in [0.25, 0.3) is 11.3 Å². The van der Waals surface area contributed by atoms with E-state index in [0.29, 0.717) is 29.5 Å². The number of anilines is 2. The number of aromatic hydroxyl groups is 2. The largest absolute Gasteiger partial charge is 0.504 e. The fraction of sp³-hybridized carbons (Fsp3) is 0.158. The fourth-order valence-electron chi connectivity index (χ4n) is 2.64. The second kappa shape index (κ2) is 7.49. The van der Waals surface area contributed by atoms with Gasteiger partial charge in [-0.05, 0) is 42.7 Å². The molecule has 3 rings (SSSR count). The van der Waals surface area contributed by atoms with Gasteiger partial charge in [-0.2, -0.15) is 4.98 Å². The second-order valence-corrected chi connectivity index (χ2v) is 6.32. The number of nitrogen functional groups attached to an aromatic ring is 1. The van der Waals surface area contributed by atoms with E-state index in [1.165, 1.54) is 12.1 Å². The molecule has 5 N–H and O–H groups in total. The number of nitrogens with one attached hydrogen (secondary N) is 1. The topological polar surface area (TPSA) is 104 Å². The van der Waals surface area contributed by atoms with Crippen LogP contribution in [0.1, 0.15) is 11.1 Å². The Morgan fingerprint density at radius 2 is 1.88 bits per heavy atom. The van der Waals surface area contributed by atoms with Crippen LogP contribution in [-0.2, 0) is 6.42 Å². The van der Waals surface area contributed by atoms with Crippen LogP contribution in [0, 0.1) is 6.92 Å². The lowest BCUT2D eigenvalue weighted by Gasteiger charge is -2.11. The lowest BCUT2D eigenvalue weighted by atomic mass is 10.1. The van der Waals surface area contributed by atoms with E-state index in [-0.39, 0.29) is 17.4 Å². The molecule has 0 radical (unpaired) electrons. The molecule has 0 aliphatic rings. The summed E-state index contributed by atoms with van der Waals surface area (Å²) in [5.41, 5.74) is 9.26. The zero-order chi connectivity index (χ0) is 18.7. The molecule has 0 fully saturated rings. The highest BCUT2D eigenvalue weighted by Gasteiger charge is 2.09. The number of hydrogen-bond donors (Lipinski definition) is 4. The first-order valence-electron chi connectivity index (χ1n) is 8.09. The molecule has 0 aliphatic heterocycles. The molecular weight excluding hydrogens is 352 g/mol. The van der Waals surface area contributed by atoms with Gasteiger partial charge in [0.1, 0.15) is 5.82 Å². The summed E-state index contributed by atoms with van der Waals surface area (Å²) in [6, 6.07) is 12.2. The molecule has 6 nitrogen and oxygen atoms in total. The molecule has 2 aromatic carbocycles. The smallest absolute Gasteiger partial charge is 0.222 e. The van der Waals surface area contributed by atoms with Gasteiger partial charge in [0, 0.05) is 23.2 Å². The van der Waals surface area contributed by atoms with Crippen molar-refractivity contribution in [3.8, 4) is 22.8 Å². The van der Waals surface area contributed by atoms with Gasteiger partial charge >= 0.3 is 0 Å². The first-order valence-corrected chi connectivity index (χ1v) is 8.46. The predicted molar refractivity (Wildman–Crippen MR) is 104 cm³/mol. The summed E-state index contributed by atoms with van der Waals surface area (Å²) in [4.78, 5) is 8.51. The van der Waals surface area contributed by atoms with Gasteiger partial charge in [-0.25, -0.2) is 4.98 Å². The molecule has 0 saturated carbocycles. The number of benzene rings is 2. The van der Waals surface area contributed by atoms with Gasteiger partial charge < -0.3 is 21.3 Å². The molecule has 0 amide bonds. The number of nitrogens with two attached hydrogens (primary N) is 1. The van der Waals surface area contributed by atoms with Gasteiger partial charge in [0.25, 0.3) is 0 Å². The van der Waals surface area contributed by atoms with Crippen LogP contribution in [0.15, 0.2) is 42.5 Å². The van der Waals surface area contributed by atoms with Crippen molar-refractivity contribution in [1.29, 1.82) is 0 Å². The van der Waals surface area contributed by atoms with E-state index in [9.17, 15) is 10.2 Å². The van der Waals surface area contributed by atoms with E-state index in [4.69, 9.17) is 17.3 Å². The molecule has 1 aromatic heterocycles. The number of rotatable bonds is 5. The SMILES string of the molecule is Cc1c(Cl)cccc1-c1cc(NCCc2ccc(O)c(O)c2)nc(N)n1. The van der Waals surface area contributed by atoms with Crippen LogP contribution in [0.4, 0.5) is 11.8 Å². The highest BCUT2D eigenvalue weighted by molar-refractivity contribution is 6.31. The maximum absolute atomic E-state index is 9.55. The van der Waals surface area contributed by atoms with Crippen molar-refractivity contribution in [1.82, 2.24) is 9.97 Å². The van der Waals surface area contributed by atoms with Gasteiger partial charge in [0.2, 0.25) is 5.95 Å². The molecule has 7 heteroatoms. The molecule has 0 bridgehead atoms. The summed E-state index contributed by atoms with van der Waals surface area (Å²) in [5, 5.41) is 22.8. The quantitative estimate of drug-likeness (QED) is 0.510. The third kappa shape index (κ3) is 3.97. The summed E-state index contributed by atoms with van der Waals surface area (Å²) in [5.74, 6) is 0.515. The molecule has 26 heavy (non-hydrogen) atoms. The average molecular weight is 371 g/mol. The Labute approximate surface area is 156 Å². The van der Waals surface area contributed by atoms with Crippen molar-refractivity contribution < 1.29 is 10.2 Å². The van der Waals surface area contributed by atoms with Crippen LogP contribution in [-0.4, -0.2) is 26.7 Å². The van der Waals surface area contributed by atoms with Crippen LogP contribution in [0.2, 0.25) is 5.02 Å². The van der Waals surface area contributed by atoms with E-state index in [2.05, 4.69) is 15.3 Å². The average Bonchev–Trinajstić information content (AvgIpc) is 2.60. The lowest BCUT2D eigenvalue weighted by molar-refractivity contribution is 0.403. The molecule has 3 aromatic rings. The monoisotopic (exact) mass is 370 g/mol. The van der Waals surface area contributed by atoms with E-state index < -0.39 is 0 Å². The highest BCUT2D eigenvalue weighted by Crippen LogP contribution is 2.29. The molecular formula is C19H19ClN4O2. The first-order chi connectivity index (χ1) is 12.4. The third-order valence-electron chi connectivity index (χ3n) is 4.05. The summed E-state index contributed by atoms with van der Waals surface area (Å²) in [6.45, 7) is 2.51. The maximum Gasteiger partial charge on any atom is 0.222 e. The Morgan fingerprint density at radius 3 is 2.65 bits per heavy atom. The van der Waals surface area contributed by atoms with Gasteiger partial charge in [0.15, 0.2) is 11.5 Å². The third-order valence-corrected chi connectivity index (χ3v) is 4.46. The Balaban J connectivity index is 1.75. The van der Waals surface area contributed by atoms with Crippen molar-refractivity contribution in [3.63, 3.8) is 0 Å². The molecule has 134 valence electrons. The van der Waals surface area contributed by atoms with E-state index in [1.807, 2.05) is 31.2 Å². The summed E-state index contributed by atoms with van der Waals surface area (Å²) in [6.07, 6.45) is 0.642. The zero-order valence-electron chi connectivity index (χ0n) is 14.2. The summed E-state index contributed by atoms with van der Waals surface area (Å²) in [7, 11) is 0. The van der Waals surface area contributed by atoms with Crippen molar-refractivity contribution in [2.24, 2.45) is 0 Å². The highest BCUT2D eigenvalue weighted by atomic mass is 35.5.